The van der Waals surface area contributed by atoms with E-state index < -0.39 is 53.4 Å². The van der Waals surface area contributed by atoms with E-state index in [4.69, 9.17) is 25.5 Å². The Kier molecular flexibility index (Phi) is 23.8. The third-order valence-corrected chi connectivity index (χ3v) is 6.79. The third kappa shape index (κ3) is 18.5. The SMILES string of the molecule is CC(=O)OC(C(C)=O)(C(=O)O)C(O)C(=O)O.CCCCCCCCCCCCCCCCC(CC(O)CO)C(=O)O. The van der Waals surface area contributed by atoms with Gasteiger partial charge in [-0.3, -0.25) is 14.4 Å². The maximum absolute atomic E-state index is 11.1. The normalized spacial score (nSPS) is 14.5. The van der Waals surface area contributed by atoms with Gasteiger partial charge in [-0.2, -0.15) is 0 Å². The zero-order valence-electron chi connectivity index (χ0n) is 24.9. The van der Waals surface area contributed by atoms with Gasteiger partial charge in [0.25, 0.3) is 0 Å². The van der Waals surface area contributed by atoms with Gasteiger partial charge in [0.1, 0.15) is 0 Å². The molecule has 0 saturated carbocycles. The van der Waals surface area contributed by atoms with Gasteiger partial charge < -0.3 is 35.4 Å². The van der Waals surface area contributed by atoms with Gasteiger partial charge in [0.05, 0.1) is 18.6 Å². The summed E-state index contributed by atoms with van der Waals surface area (Å²) < 4.78 is 4.17. The Balaban J connectivity index is 0. The second-order valence-electron chi connectivity index (χ2n) is 10.4. The molecule has 0 heterocycles. The molecule has 0 radical (unpaired) electrons. The van der Waals surface area contributed by atoms with Crippen LogP contribution in [0.2, 0.25) is 0 Å². The number of aliphatic carboxylic acids is 3. The van der Waals surface area contributed by atoms with Crippen LogP contribution in [0.15, 0.2) is 0 Å². The number of rotatable bonds is 24. The van der Waals surface area contributed by atoms with E-state index in [1.54, 1.807) is 0 Å². The smallest absolute Gasteiger partial charge is 0.359 e. The molecule has 6 N–H and O–H groups in total. The molecular weight excluding hydrogens is 540 g/mol. The van der Waals surface area contributed by atoms with Gasteiger partial charge in [0.2, 0.25) is 6.10 Å². The number of aliphatic hydroxyl groups excluding tert-OH is 3. The minimum Gasteiger partial charge on any atom is -0.481 e. The van der Waals surface area contributed by atoms with Crippen LogP contribution in [0.5, 0.6) is 0 Å². The maximum Gasteiger partial charge on any atom is 0.359 e. The highest BCUT2D eigenvalue weighted by Gasteiger charge is 2.57. The number of ketones is 1. The summed E-state index contributed by atoms with van der Waals surface area (Å²) >= 11 is 0. The minimum atomic E-state index is -3.11. The molecule has 0 spiro atoms. The van der Waals surface area contributed by atoms with Crippen molar-refractivity contribution in [2.24, 2.45) is 5.92 Å². The molecule has 41 heavy (non-hydrogen) atoms. The fourth-order valence-electron chi connectivity index (χ4n) is 4.36. The van der Waals surface area contributed by atoms with E-state index in [-0.39, 0.29) is 13.0 Å². The van der Waals surface area contributed by atoms with Gasteiger partial charge in [-0.1, -0.05) is 96.8 Å². The van der Waals surface area contributed by atoms with Crippen LogP contribution in [0.4, 0.5) is 0 Å². The number of Topliss-reactive ketones (excluding diaryl/α,β-unsaturated/α-hetero) is 1. The zero-order chi connectivity index (χ0) is 31.8. The van der Waals surface area contributed by atoms with E-state index in [1.165, 1.54) is 77.0 Å². The van der Waals surface area contributed by atoms with Crippen molar-refractivity contribution in [1.29, 1.82) is 0 Å². The summed E-state index contributed by atoms with van der Waals surface area (Å²) in [6, 6.07) is 0. The predicted molar refractivity (Wildman–Crippen MR) is 150 cm³/mol. The molecule has 12 nitrogen and oxygen atoms in total. The second-order valence-corrected chi connectivity index (χ2v) is 10.4. The van der Waals surface area contributed by atoms with Crippen molar-refractivity contribution in [3.8, 4) is 0 Å². The van der Waals surface area contributed by atoms with Gasteiger partial charge in [-0.05, 0) is 19.8 Å². The molecule has 0 aliphatic heterocycles. The number of carbonyl (C=O) groups is 5. The molecule has 4 atom stereocenters. The molecule has 4 unspecified atom stereocenters. The van der Waals surface area contributed by atoms with Crippen molar-refractivity contribution >= 4 is 29.7 Å². The molecule has 0 aliphatic carbocycles. The lowest BCUT2D eigenvalue weighted by Crippen LogP contribution is -2.60. The zero-order valence-corrected chi connectivity index (χ0v) is 24.9. The summed E-state index contributed by atoms with van der Waals surface area (Å²) in [5.41, 5.74) is -3.11. The first kappa shape index (κ1) is 40.6. The van der Waals surface area contributed by atoms with Crippen LogP contribution in [0.25, 0.3) is 0 Å². The monoisotopic (exact) mass is 592 g/mol. The third-order valence-electron chi connectivity index (χ3n) is 6.79. The quantitative estimate of drug-likeness (QED) is 0.0537. The molecule has 0 amide bonds. The topological polar surface area (TPSA) is 216 Å². The van der Waals surface area contributed by atoms with Gasteiger partial charge in [0, 0.05) is 6.92 Å². The molecule has 0 saturated heterocycles. The number of carboxylic acids is 3. The average Bonchev–Trinajstić information content (AvgIpc) is 2.90. The van der Waals surface area contributed by atoms with Crippen molar-refractivity contribution in [1.82, 2.24) is 0 Å². The van der Waals surface area contributed by atoms with E-state index in [1.807, 2.05) is 0 Å². The summed E-state index contributed by atoms with van der Waals surface area (Å²) in [7, 11) is 0. The molecular formula is C29H52O12. The highest BCUT2D eigenvalue weighted by molar-refractivity contribution is 6.10. The maximum atomic E-state index is 11.1. The summed E-state index contributed by atoms with van der Waals surface area (Å²) in [4.78, 5) is 54.2. The number of hydrogen-bond acceptors (Lipinski definition) is 9. The highest BCUT2D eigenvalue weighted by atomic mass is 16.6. The van der Waals surface area contributed by atoms with E-state index in [0.717, 1.165) is 19.8 Å². The molecule has 0 rings (SSSR count). The first-order chi connectivity index (χ1) is 19.3. The van der Waals surface area contributed by atoms with E-state index in [0.29, 0.717) is 13.3 Å². The summed E-state index contributed by atoms with van der Waals surface area (Å²) in [5, 5.41) is 53.7. The Morgan fingerprint density at radius 2 is 1.10 bits per heavy atom. The molecule has 0 aromatic heterocycles. The number of hydrogen-bond donors (Lipinski definition) is 6. The van der Waals surface area contributed by atoms with E-state index in [9.17, 15) is 29.1 Å². The van der Waals surface area contributed by atoms with Crippen molar-refractivity contribution in [2.45, 2.75) is 141 Å². The van der Waals surface area contributed by atoms with Gasteiger partial charge in [-0.15, -0.1) is 0 Å². The Morgan fingerprint density at radius 1 is 0.683 bits per heavy atom. The second kappa shape index (κ2) is 24.1. The fourth-order valence-corrected chi connectivity index (χ4v) is 4.36. The number of unbranched alkanes of at least 4 members (excludes halogenated alkanes) is 13. The molecule has 12 heteroatoms. The lowest BCUT2D eigenvalue weighted by Gasteiger charge is -2.28. The summed E-state index contributed by atoms with van der Waals surface area (Å²) in [6.45, 7) is 3.38. The standard InChI is InChI=1S/C21H42O4.C8H10O8/c1-2-3-4-5-6-7-8-9-10-11-12-13-14-15-16-19(21(24)25)17-20(23)18-22;1-3(9)8(7(14)15,16-4(2)10)5(11)6(12)13/h19-20,22-23H,2-18H2,1H3,(H,24,25);5,11H,1-2H3,(H,12,13)(H,14,15). The highest BCUT2D eigenvalue weighted by Crippen LogP contribution is 2.20. The van der Waals surface area contributed by atoms with Crippen LogP contribution in [0.3, 0.4) is 0 Å². The molecule has 0 aliphatic rings. The van der Waals surface area contributed by atoms with Crippen LogP contribution in [0.1, 0.15) is 124 Å². The lowest BCUT2D eigenvalue weighted by atomic mass is 9.92. The Labute approximate surface area is 243 Å². The van der Waals surface area contributed by atoms with Crippen LogP contribution >= 0.6 is 0 Å². The Hall–Kier alpha value is -2.57. The largest absolute Gasteiger partial charge is 0.481 e. The fraction of sp³-hybridized carbons (Fsp3) is 0.828. The van der Waals surface area contributed by atoms with Crippen molar-refractivity contribution in [2.75, 3.05) is 6.61 Å². The summed E-state index contributed by atoms with van der Waals surface area (Å²) in [6.07, 6.45) is 15.2. The molecule has 0 aromatic rings. The number of carbonyl (C=O) groups excluding carboxylic acids is 2. The number of ether oxygens (including phenoxy) is 1. The van der Waals surface area contributed by atoms with Gasteiger partial charge >= 0.3 is 29.5 Å². The molecule has 240 valence electrons. The van der Waals surface area contributed by atoms with Crippen LogP contribution in [-0.4, -0.2) is 84.7 Å². The minimum absolute atomic E-state index is 0.157. The van der Waals surface area contributed by atoms with Crippen molar-refractivity contribution < 1.29 is 59.3 Å². The summed E-state index contributed by atoms with van der Waals surface area (Å²) in [5.74, 6) is -7.92. The first-order valence-electron chi connectivity index (χ1n) is 14.6. The number of esters is 1. The van der Waals surface area contributed by atoms with Crippen molar-refractivity contribution in [3.63, 3.8) is 0 Å². The van der Waals surface area contributed by atoms with E-state index in [2.05, 4.69) is 11.7 Å². The molecule has 0 aromatic carbocycles. The Bertz CT molecular complexity index is 753. The Morgan fingerprint density at radius 3 is 1.39 bits per heavy atom. The van der Waals surface area contributed by atoms with Gasteiger partial charge in [0.15, 0.2) is 5.78 Å². The lowest BCUT2D eigenvalue weighted by molar-refractivity contribution is -0.198. The van der Waals surface area contributed by atoms with Crippen LogP contribution < -0.4 is 0 Å². The predicted octanol–water partition coefficient (Wildman–Crippen LogP) is 3.71. The van der Waals surface area contributed by atoms with Gasteiger partial charge in [-0.25, -0.2) is 9.59 Å². The number of aliphatic hydroxyl groups is 3. The molecule has 0 bridgehead atoms. The molecule has 0 fully saturated rings. The van der Waals surface area contributed by atoms with Crippen molar-refractivity contribution in [3.05, 3.63) is 0 Å². The average molecular weight is 593 g/mol. The van der Waals surface area contributed by atoms with Crippen LogP contribution in [-0.2, 0) is 28.7 Å². The van der Waals surface area contributed by atoms with E-state index >= 15 is 0 Å². The first-order valence-corrected chi connectivity index (χ1v) is 14.6. The number of carboxylic acid groups (broad SMARTS) is 3. The van der Waals surface area contributed by atoms with Crippen LogP contribution in [0, 0.1) is 5.92 Å².